The second-order valence-electron chi connectivity index (χ2n) is 5.66. The Morgan fingerprint density at radius 1 is 1.35 bits per heavy atom. The highest BCUT2D eigenvalue weighted by Crippen LogP contribution is 2.22. The van der Waals surface area contributed by atoms with E-state index in [9.17, 15) is 9.59 Å². The van der Waals surface area contributed by atoms with E-state index in [-0.39, 0.29) is 12.0 Å². The largest absolute Gasteiger partial charge is 0.480 e. The van der Waals surface area contributed by atoms with Crippen molar-refractivity contribution in [2.45, 2.75) is 58.8 Å². The third-order valence-electron chi connectivity index (χ3n) is 2.92. The van der Waals surface area contributed by atoms with Gasteiger partial charge in [0.1, 0.15) is 12.1 Å². The van der Waals surface area contributed by atoms with Gasteiger partial charge in [-0.3, -0.25) is 4.79 Å². The maximum absolute atomic E-state index is 11.9. The number of carbonyl (C=O) groups excluding carboxylic acids is 1. The summed E-state index contributed by atoms with van der Waals surface area (Å²) in [4.78, 5) is 23.0. The number of aliphatic carboxylic acids is 1. The molecule has 0 radical (unpaired) electrons. The maximum atomic E-state index is 11.9. The lowest BCUT2D eigenvalue weighted by Gasteiger charge is -2.28. The topological polar surface area (TPSA) is 75.6 Å². The van der Waals surface area contributed by atoms with Crippen LogP contribution in [0.25, 0.3) is 0 Å². The van der Waals surface area contributed by atoms with Gasteiger partial charge >= 0.3 is 5.97 Å². The summed E-state index contributed by atoms with van der Waals surface area (Å²) in [6, 6.07) is -0.894. The van der Waals surface area contributed by atoms with Crippen LogP contribution in [-0.2, 0) is 14.3 Å². The van der Waals surface area contributed by atoms with Crippen LogP contribution in [0.3, 0.4) is 0 Å². The quantitative estimate of drug-likeness (QED) is 0.780. The number of carboxylic acid groups (broad SMARTS) is 1. The van der Waals surface area contributed by atoms with Crippen LogP contribution in [0, 0.1) is 5.41 Å². The number of amides is 1. The van der Waals surface area contributed by atoms with E-state index in [1.165, 1.54) is 0 Å². The van der Waals surface area contributed by atoms with Gasteiger partial charge in [-0.05, 0) is 25.2 Å². The normalized spacial score (nSPS) is 26.6. The molecule has 1 fully saturated rings. The summed E-state index contributed by atoms with van der Waals surface area (Å²) in [7, 11) is 0. The minimum atomic E-state index is -1.02. The fourth-order valence-corrected chi connectivity index (χ4v) is 1.88. The minimum Gasteiger partial charge on any atom is -0.480 e. The average Bonchev–Trinajstić information content (AvgIpc) is 2.58. The van der Waals surface area contributed by atoms with Gasteiger partial charge in [0.2, 0.25) is 5.91 Å². The van der Waals surface area contributed by atoms with Crippen molar-refractivity contribution in [3.63, 3.8) is 0 Å². The van der Waals surface area contributed by atoms with Gasteiger partial charge in [-0.25, -0.2) is 4.79 Å². The monoisotopic (exact) mass is 243 g/mol. The van der Waals surface area contributed by atoms with Crippen LogP contribution in [-0.4, -0.2) is 35.2 Å². The average molecular weight is 243 g/mol. The van der Waals surface area contributed by atoms with Crippen molar-refractivity contribution >= 4 is 11.9 Å². The van der Waals surface area contributed by atoms with Gasteiger partial charge in [0, 0.05) is 0 Å². The van der Waals surface area contributed by atoms with E-state index >= 15 is 0 Å². The van der Waals surface area contributed by atoms with Crippen molar-refractivity contribution < 1.29 is 19.4 Å². The fourth-order valence-electron chi connectivity index (χ4n) is 1.88. The molecule has 5 nitrogen and oxygen atoms in total. The first kappa shape index (κ1) is 14.0. The molecule has 17 heavy (non-hydrogen) atoms. The Hall–Kier alpha value is -1.10. The first-order valence-corrected chi connectivity index (χ1v) is 5.90. The molecule has 0 aromatic carbocycles. The van der Waals surface area contributed by atoms with Gasteiger partial charge in [0.05, 0.1) is 6.10 Å². The number of nitrogens with one attached hydrogen (secondary N) is 1. The van der Waals surface area contributed by atoms with Crippen molar-refractivity contribution in [2.75, 3.05) is 0 Å². The van der Waals surface area contributed by atoms with E-state index in [4.69, 9.17) is 9.84 Å². The number of hydrogen-bond acceptors (Lipinski definition) is 3. The number of hydrogen-bond donors (Lipinski definition) is 2. The molecule has 1 saturated heterocycles. The molecule has 1 aliphatic heterocycles. The van der Waals surface area contributed by atoms with E-state index in [1.54, 1.807) is 20.8 Å². The molecule has 0 aliphatic carbocycles. The summed E-state index contributed by atoms with van der Waals surface area (Å²) in [6.45, 7) is 7.25. The van der Waals surface area contributed by atoms with Crippen molar-refractivity contribution in [3.8, 4) is 0 Å². The van der Waals surface area contributed by atoms with E-state index in [1.807, 2.05) is 6.92 Å². The third kappa shape index (κ3) is 3.70. The van der Waals surface area contributed by atoms with Crippen molar-refractivity contribution in [1.29, 1.82) is 0 Å². The molecule has 0 spiro atoms. The Labute approximate surface area is 102 Å². The van der Waals surface area contributed by atoms with E-state index in [2.05, 4.69) is 5.32 Å². The summed E-state index contributed by atoms with van der Waals surface area (Å²) in [5.74, 6) is -1.34. The zero-order valence-corrected chi connectivity index (χ0v) is 10.8. The van der Waals surface area contributed by atoms with Crippen LogP contribution in [0.2, 0.25) is 0 Å². The molecule has 2 N–H and O–H groups in total. The standard InChI is InChI=1S/C12H21NO4/c1-7-5-6-8(17-7)10(14)13-9(11(15)16)12(2,3)4/h7-9H,5-6H2,1-4H3,(H,13,14)(H,15,16). The van der Waals surface area contributed by atoms with Crippen molar-refractivity contribution in [1.82, 2.24) is 5.32 Å². The van der Waals surface area contributed by atoms with Gasteiger partial charge in [-0.2, -0.15) is 0 Å². The number of carbonyl (C=O) groups is 2. The Morgan fingerprint density at radius 3 is 2.29 bits per heavy atom. The van der Waals surface area contributed by atoms with E-state index in [0.29, 0.717) is 6.42 Å². The van der Waals surface area contributed by atoms with E-state index < -0.39 is 23.5 Å². The molecular weight excluding hydrogens is 222 g/mol. The molecule has 0 aromatic rings. The number of rotatable bonds is 3. The molecule has 1 aliphatic rings. The SMILES string of the molecule is CC1CCC(C(=O)NC(C(=O)O)C(C)(C)C)O1. The minimum absolute atomic E-state index is 0.0728. The molecule has 3 atom stereocenters. The lowest BCUT2D eigenvalue weighted by molar-refractivity contribution is -0.147. The highest BCUT2D eigenvalue weighted by molar-refractivity contribution is 5.86. The van der Waals surface area contributed by atoms with Gasteiger partial charge in [0.15, 0.2) is 0 Å². The van der Waals surface area contributed by atoms with Gasteiger partial charge in [-0.1, -0.05) is 20.8 Å². The Morgan fingerprint density at radius 2 is 1.94 bits per heavy atom. The second-order valence-corrected chi connectivity index (χ2v) is 5.66. The summed E-state index contributed by atoms with van der Waals surface area (Å²) in [5.41, 5.74) is -0.522. The third-order valence-corrected chi connectivity index (χ3v) is 2.92. The van der Waals surface area contributed by atoms with Crippen LogP contribution >= 0.6 is 0 Å². The summed E-state index contributed by atoms with van der Waals surface area (Å²) < 4.78 is 5.41. The first-order chi connectivity index (χ1) is 7.71. The van der Waals surface area contributed by atoms with Gasteiger partial charge in [-0.15, -0.1) is 0 Å². The zero-order chi connectivity index (χ0) is 13.2. The predicted molar refractivity (Wildman–Crippen MR) is 62.6 cm³/mol. The fraction of sp³-hybridized carbons (Fsp3) is 0.833. The molecule has 3 unspecified atom stereocenters. The van der Waals surface area contributed by atoms with Crippen LogP contribution in [0.4, 0.5) is 0 Å². The predicted octanol–water partition coefficient (Wildman–Crippen LogP) is 1.17. The van der Waals surface area contributed by atoms with Gasteiger partial charge < -0.3 is 15.2 Å². The molecule has 0 aromatic heterocycles. The summed E-state index contributed by atoms with van der Waals surface area (Å²) in [6.07, 6.45) is 1.06. The lowest BCUT2D eigenvalue weighted by atomic mass is 9.86. The molecule has 1 amide bonds. The Kier molecular flexibility index (Phi) is 4.14. The first-order valence-electron chi connectivity index (χ1n) is 5.90. The molecule has 5 heteroatoms. The zero-order valence-electron chi connectivity index (χ0n) is 10.8. The van der Waals surface area contributed by atoms with Crippen molar-refractivity contribution in [2.24, 2.45) is 5.41 Å². The second kappa shape index (κ2) is 5.04. The number of ether oxygens (including phenoxy) is 1. The molecule has 1 heterocycles. The molecular formula is C12H21NO4. The summed E-state index contributed by atoms with van der Waals surface area (Å²) in [5, 5.41) is 11.7. The molecule has 98 valence electrons. The Bertz CT molecular complexity index is 308. The molecule has 0 saturated carbocycles. The summed E-state index contributed by atoms with van der Waals surface area (Å²) >= 11 is 0. The van der Waals surface area contributed by atoms with Crippen LogP contribution in [0.1, 0.15) is 40.5 Å². The number of carboxylic acids is 1. The van der Waals surface area contributed by atoms with Crippen LogP contribution in [0.5, 0.6) is 0 Å². The van der Waals surface area contributed by atoms with Crippen LogP contribution in [0.15, 0.2) is 0 Å². The highest BCUT2D eigenvalue weighted by Gasteiger charge is 2.36. The van der Waals surface area contributed by atoms with Crippen molar-refractivity contribution in [3.05, 3.63) is 0 Å². The smallest absolute Gasteiger partial charge is 0.326 e. The molecule has 0 bridgehead atoms. The van der Waals surface area contributed by atoms with E-state index in [0.717, 1.165) is 6.42 Å². The lowest BCUT2D eigenvalue weighted by Crippen LogP contribution is -2.51. The Balaban J connectivity index is 2.62. The van der Waals surface area contributed by atoms with Crippen LogP contribution < -0.4 is 5.32 Å². The highest BCUT2D eigenvalue weighted by atomic mass is 16.5. The van der Waals surface area contributed by atoms with Gasteiger partial charge in [0.25, 0.3) is 0 Å². The maximum Gasteiger partial charge on any atom is 0.326 e. The molecule has 1 rings (SSSR count).